The van der Waals surface area contributed by atoms with E-state index in [1.54, 1.807) is 12.1 Å². The lowest BCUT2D eigenvalue weighted by Gasteiger charge is -2.09. The normalized spacial score (nSPS) is 10.4. The molecule has 0 aliphatic heterocycles. The number of hydrogen-bond donors (Lipinski definition) is 1. The topological polar surface area (TPSA) is 43.1 Å². The maximum absolute atomic E-state index is 12.5. The number of ketones is 1. The third kappa shape index (κ3) is 2.46. The summed E-state index contributed by atoms with van der Waals surface area (Å²) in [5.41, 5.74) is 9.66. The Morgan fingerprint density at radius 3 is 2.50 bits per heavy atom. The first-order valence-electron chi connectivity index (χ1n) is 5.66. The zero-order valence-corrected chi connectivity index (χ0v) is 11.9. The highest BCUT2D eigenvalue weighted by atomic mass is 79.9. The molecule has 0 heterocycles. The van der Waals surface area contributed by atoms with Gasteiger partial charge in [0.15, 0.2) is 5.78 Å². The van der Waals surface area contributed by atoms with Crippen LogP contribution >= 0.6 is 15.9 Å². The monoisotopic (exact) mass is 303 g/mol. The summed E-state index contributed by atoms with van der Waals surface area (Å²) in [6.07, 6.45) is 0. The van der Waals surface area contributed by atoms with Crippen molar-refractivity contribution in [1.29, 1.82) is 0 Å². The molecule has 18 heavy (non-hydrogen) atoms. The van der Waals surface area contributed by atoms with E-state index in [0.29, 0.717) is 16.8 Å². The van der Waals surface area contributed by atoms with Gasteiger partial charge in [0.25, 0.3) is 0 Å². The molecule has 0 atom stereocenters. The Labute approximate surface area is 115 Å². The molecule has 0 aliphatic carbocycles. The zero-order valence-electron chi connectivity index (χ0n) is 10.3. The molecule has 0 aromatic heterocycles. The molecular weight excluding hydrogens is 290 g/mol. The Bertz CT molecular complexity index is 566. The number of nitrogen functional groups attached to an aromatic ring is 1. The molecule has 2 rings (SSSR count). The van der Waals surface area contributed by atoms with E-state index in [0.717, 1.165) is 15.6 Å². The first kappa shape index (κ1) is 12.8. The van der Waals surface area contributed by atoms with E-state index in [2.05, 4.69) is 15.9 Å². The van der Waals surface area contributed by atoms with Crippen LogP contribution in [0, 0.1) is 13.8 Å². The molecule has 0 unspecified atom stereocenters. The quantitative estimate of drug-likeness (QED) is 0.676. The predicted octanol–water partition coefficient (Wildman–Crippen LogP) is 3.88. The summed E-state index contributed by atoms with van der Waals surface area (Å²) in [6.45, 7) is 3.90. The lowest BCUT2D eigenvalue weighted by Crippen LogP contribution is -2.07. The van der Waals surface area contributed by atoms with Crippen LogP contribution in [0.1, 0.15) is 27.0 Å². The minimum Gasteiger partial charge on any atom is -0.398 e. The molecule has 2 aromatic rings. The summed E-state index contributed by atoms with van der Waals surface area (Å²) in [7, 11) is 0. The van der Waals surface area contributed by atoms with E-state index in [9.17, 15) is 4.79 Å². The maximum atomic E-state index is 12.5. The third-order valence-corrected chi connectivity index (χ3v) is 3.39. The van der Waals surface area contributed by atoms with Gasteiger partial charge in [-0.05, 0) is 43.7 Å². The van der Waals surface area contributed by atoms with Gasteiger partial charge in [-0.2, -0.15) is 0 Å². The second-order valence-corrected chi connectivity index (χ2v) is 5.29. The number of anilines is 1. The van der Waals surface area contributed by atoms with Gasteiger partial charge < -0.3 is 5.73 Å². The summed E-state index contributed by atoms with van der Waals surface area (Å²) < 4.78 is 0.852. The van der Waals surface area contributed by atoms with Crippen LogP contribution in [0.5, 0.6) is 0 Å². The molecule has 0 aliphatic rings. The molecule has 0 saturated carbocycles. The highest BCUT2D eigenvalue weighted by Gasteiger charge is 2.15. The maximum Gasteiger partial charge on any atom is 0.195 e. The van der Waals surface area contributed by atoms with Crippen LogP contribution < -0.4 is 5.73 Å². The molecule has 2 N–H and O–H groups in total. The molecule has 0 amide bonds. The number of halogens is 1. The SMILES string of the molecule is Cc1ccc(C)c(C(=O)c2cc(Br)ccc2N)c1. The third-order valence-electron chi connectivity index (χ3n) is 2.90. The summed E-state index contributed by atoms with van der Waals surface area (Å²) >= 11 is 3.36. The van der Waals surface area contributed by atoms with E-state index in [1.165, 1.54) is 0 Å². The largest absolute Gasteiger partial charge is 0.398 e. The van der Waals surface area contributed by atoms with Crippen LogP contribution in [0.15, 0.2) is 40.9 Å². The standard InChI is InChI=1S/C15H14BrNO/c1-9-3-4-10(2)12(7-9)15(18)13-8-11(16)5-6-14(13)17/h3-8H,17H2,1-2H3. The van der Waals surface area contributed by atoms with Crippen molar-refractivity contribution in [2.24, 2.45) is 0 Å². The molecule has 92 valence electrons. The van der Waals surface area contributed by atoms with E-state index in [4.69, 9.17) is 5.73 Å². The Morgan fingerprint density at radius 1 is 1.06 bits per heavy atom. The van der Waals surface area contributed by atoms with Gasteiger partial charge in [0.1, 0.15) is 0 Å². The summed E-state index contributed by atoms with van der Waals surface area (Å²) in [5.74, 6) is -0.0324. The van der Waals surface area contributed by atoms with Crippen LogP contribution in [0.2, 0.25) is 0 Å². The van der Waals surface area contributed by atoms with Crippen LogP contribution in [0.4, 0.5) is 5.69 Å². The Morgan fingerprint density at radius 2 is 1.78 bits per heavy atom. The van der Waals surface area contributed by atoms with Crippen molar-refractivity contribution in [3.05, 3.63) is 63.1 Å². The minimum absolute atomic E-state index is 0.0324. The number of benzene rings is 2. The van der Waals surface area contributed by atoms with E-state index < -0.39 is 0 Å². The van der Waals surface area contributed by atoms with E-state index >= 15 is 0 Å². The second-order valence-electron chi connectivity index (χ2n) is 4.38. The molecule has 0 fully saturated rings. The Balaban J connectivity index is 2.54. The minimum atomic E-state index is -0.0324. The zero-order chi connectivity index (χ0) is 13.3. The molecule has 2 nitrogen and oxygen atoms in total. The van der Waals surface area contributed by atoms with Crippen LogP contribution in [0.25, 0.3) is 0 Å². The molecule has 0 bridgehead atoms. The van der Waals surface area contributed by atoms with Gasteiger partial charge in [-0.1, -0.05) is 33.6 Å². The number of aryl methyl sites for hydroxylation is 2. The number of nitrogens with two attached hydrogens (primary N) is 1. The fraction of sp³-hybridized carbons (Fsp3) is 0.133. The van der Waals surface area contributed by atoms with Gasteiger partial charge in [0.2, 0.25) is 0 Å². The van der Waals surface area contributed by atoms with Gasteiger partial charge in [-0.15, -0.1) is 0 Å². The van der Waals surface area contributed by atoms with Crippen molar-refractivity contribution in [2.75, 3.05) is 5.73 Å². The highest BCUT2D eigenvalue weighted by molar-refractivity contribution is 9.10. The van der Waals surface area contributed by atoms with Crippen molar-refractivity contribution in [3.63, 3.8) is 0 Å². The Hall–Kier alpha value is -1.61. The van der Waals surface area contributed by atoms with Crippen molar-refractivity contribution >= 4 is 27.4 Å². The fourth-order valence-corrected chi connectivity index (χ4v) is 2.21. The number of rotatable bonds is 2. The van der Waals surface area contributed by atoms with Crippen molar-refractivity contribution < 1.29 is 4.79 Å². The van der Waals surface area contributed by atoms with Crippen LogP contribution in [0.3, 0.4) is 0 Å². The smallest absolute Gasteiger partial charge is 0.195 e. The van der Waals surface area contributed by atoms with Gasteiger partial charge in [0.05, 0.1) is 0 Å². The molecule has 0 radical (unpaired) electrons. The summed E-state index contributed by atoms with van der Waals surface area (Å²) in [6, 6.07) is 11.2. The van der Waals surface area contributed by atoms with Crippen molar-refractivity contribution in [1.82, 2.24) is 0 Å². The average Bonchev–Trinajstić information content (AvgIpc) is 2.34. The first-order valence-corrected chi connectivity index (χ1v) is 6.45. The predicted molar refractivity (Wildman–Crippen MR) is 77.9 cm³/mol. The first-order chi connectivity index (χ1) is 8.49. The second kappa shape index (κ2) is 4.94. The number of carbonyl (C=O) groups is 1. The number of hydrogen-bond acceptors (Lipinski definition) is 2. The highest BCUT2D eigenvalue weighted by Crippen LogP contribution is 2.23. The van der Waals surface area contributed by atoms with E-state index in [-0.39, 0.29) is 5.78 Å². The van der Waals surface area contributed by atoms with Gasteiger partial charge in [-0.25, -0.2) is 0 Å². The lowest BCUT2D eigenvalue weighted by atomic mass is 9.96. The molecular formula is C15H14BrNO. The average molecular weight is 304 g/mol. The number of carbonyl (C=O) groups excluding carboxylic acids is 1. The van der Waals surface area contributed by atoms with Gasteiger partial charge in [0, 0.05) is 21.3 Å². The summed E-state index contributed by atoms with van der Waals surface area (Å²) in [5, 5.41) is 0. The van der Waals surface area contributed by atoms with E-state index in [1.807, 2.05) is 38.1 Å². The van der Waals surface area contributed by atoms with Crippen LogP contribution in [-0.4, -0.2) is 5.78 Å². The Kier molecular flexibility index (Phi) is 3.53. The molecule has 0 saturated heterocycles. The lowest BCUT2D eigenvalue weighted by molar-refractivity contribution is 0.103. The fourth-order valence-electron chi connectivity index (χ4n) is 1.85. The van der Waals surface area contributed by atoms with Crippen molar-refractivity contribution in [2.45, 2.75) is 13.8 Å². The summed E-state index contributed by atoms with van der Waals surface area (Å²) in [4.78, 5) is 12.5. The van der Waals surface area contributed by atoms with Crippen molar-refractivity contribution in [3.8, 4) is 0 Å². The molecule has 3 heteroatoms. The van der Waals surface area contributed by atoms with Gasteiger partial charge in [-0.3, -0.25) is 4.79 Å². The van der Waals surface area contributed by atoms with Crippen LogP contribution in [-0.2, 0) is 0 Å². The van der Waals surface area contributed by atoms with Gasteiger partial charge >= 0.3 is 0 Å². The molecule has 2 aromatic carbocycles. The molecule has 0 spiro atoms.